The molecule has 4 aromatic rings. The van der Waals surface area contributed by atoms with Crippen molar-refractivity contribution in [2.24, 2.45) is 0 Å². The highest BCUT2D eigenvalue weighted by molar-refractivity contribution is 5.76. The fourth-order valence-electron chi connectivity index (χ4n) is 5.37. The predicted octanol–water partition coefficient (Wildman–Crippen LogP) is 9.05. The molecule has 1 atom stereocenters. The average molecular weight is 546 g/mol. The van der Waals surface area contributed by atoms with Crippen molar-refractivity contribution in [1.29, 1.82) is 0 Å². The molecule has 1 aromatic heterocycles. The Labute approximate surface area is 249 Å². The van der Waals surface area contributed by atoms with E-state index >= 15 is 0 Å². The van der Waals surface area contributed by atoms with Crippen molar-refractivity contribution in [3.8, 4) is 22.3 Å². The maximum atomic E-state index is 4.25. The lowest BCUT2D eigenvalue weighted by atomic mass is 9.90. The molecule has 3 nitrogen and oxygen atoms in total. The first-order valence-electron chi connectivity index (χ1n) is 14.6. The molecule has 0 amide bonds. The number of aromatic nitrogens is 1. The molecule has 3 heteroatoms. The van der Waals surface area contributed by atoms with Gasteiger partial charge in [-0.1, -0.05) is 97.1 Å². The molecule has 2 heterocycles. The summed E-state index contributed by atoms with van der Waals surface area (Å²) in [5.74, 6) is 0. The summed E-state index contributed by atoms with van der Waals surface area (Å²) in [6.07, 6.45) is 27.2. The van der Waals surface area contributed by atoms with E-state index in [1.807, 2.05) is 24.7 Å². The first-order chi connectivity index (χ1) is 20.8. The van der Waals surface area contributed by atoms with E-state index in [2.05, 4.69) is 149 Å². The number of pyridine rings is 1. The second-order valence-corrected chi connectivity index (χ2v) is 10.5. The Kier molecular flexibility index (Phi) is 8.67. The minimum atomic E-state index is -0.0605. The van der Waals surface area contributed by atoms with Gasteiger partial charge >= 0.3 is 0 Å². The van der Waals surface area contributed by atoms with E-state index < -0.39 is 0 Å². The number of benzene rings is 3. The van der Waals surface area contributed by atoms with E-state index in [9.17, 15) is 0 Å². The lowest BCUT2D eigenvalue weighted by molar-refractivity contribution is 0.751. The number of rotatable bonds is 5. The quantitative estimate of drug-likeness (QED) is 0.263. The summed E-state index contributed by atoms with van der Waals surface area (Å²) in [6.45, 7) is 0.731. The Morgan fingerprint density at radius 3 is 2.17 bits per heavy atom. The Morgan fingerprint density at radius 2 is 1.36 bits per heavy atom. The van der Waals surface area contributed by atoms with Crippen molar-refractivity contribution in [2.75, 3.05) is 6.54 Å². The van der Waals surface area contributed by atoms with Crippen molar-refractivity contribution >= 4 is 11.3 Å². The Bertz CT molecular complexity index is 1670. The van der Waals surface area contributed by atoms with Crippen LogP contribution in [0.1, 0.15) is 35.6 Å². The van der Waals surface area contributed by atoms with Crippen molar-refractivity contribution in [3.63, 3.8) is 0 Å². The zero-order valence-electron chi connectivity index (χ0n) is 23.7. The zero-order chi connectivity index (χ0) is 28.4. The van der Waals surface area contributed by atoms with Gasteiger partial charge in [-0.05, 0) is 106 Å². The van der Waals surface area contributed by atoms with E-state index in [0.717, 1.165) is 36.2 Å². The minimum Gasteiger partial charge on any atom is -0.381 e. The first kappa shape index (κ1) is 27.0. The van der Waals surface area contributed by atoms with Crippen LogP contribution in [0, 0.1) is 0 Å². The van der Waals surface area contributed by atoms with Gasteiger partial charge in [-0.3, -0.25) is 4.98 Å². The molecule has 2 aliphatic rings. The van der Waals surface area contributed by atoms with Crippen molar-refractivity contribution in [2.45, 2.75) is 18.9 Å². The van der Waals surface area contributed by atoms with E-state index in [0.29, 0.717) is 0 Å². The van der Waals surface area contributed by atoms with Gasteiger partial charge in [-0.2, -0.15) is 0 Å². The Balaban J connectivity index is 1.44. The van der Waals surface area contributed by atoms with Gasteiger partial charge in [-0.25, -0.2) is 0 Å². The summed E-state index contributed by atoms with van der Waals surface area (Å²) < 4.78 is 0. The fraction of sp³-hybridized carbons (Fsp3) is 0.103. The molecule has 6 rings (SSSR count). The number of allylic oxidation sites excluding steroid dienone is 8. The van der Waals surface area contributed by atoms with Crippen LogP contribution in [0.2, 0.25) is 0 Å². The van der Waals surface area contributed by atoms with Gasteiger partial charge in [0.25, 0.3) is 0 Å². The molecule has 2 N–H and O–H groups in total. The molecule has 0 spiro atoms. The highest BCUT2D eigenvalue weighted by Gasteiger charge is 2.15. The molecule has 0 bridgehead atoms. The van der Waals surface area contributed by atoms with Crippen LogP contribution in [0.3, 0.4) is 0 Å². The highest BCUT2D eigenvalue weighted by Crippen LogP contribution is 2.33. The standard InChI is InChI=1S/C39H35N3/c1-2-10-22-41-38(34-18-16-32(17-19-34)30-12-6-4-7-13-30)29-39(42-23-11-3-1)37-27-35(31-14-8-5-9-15-31)26-36(28-37)33-20-24-40-25-21-33/h1-8,10-14,16-21,23-29,39,41-42H,9,15,22H2/b3-1-,10-2+,23-11-,38-29-. The summed E-state index contributed by atoms with van der Waals surface area (Å²) >= 11 is 0. The third-order valence-electron chi connectivity index (χ3n) is 7.60. The Morgan fingerprint density at radius 1 is 0.619 bits per heavy atom. The molecule has 1 unspecified atom stereocenters. The van der Waals surface area contributed by atoms with Gasteiger partial charge in [-0.15, -0.1) is 0 Å². The second kappa shape index (κ2) is 13.5. The van der Waals surface area contributed by atoms with E-state index in [-0.39, 0.29) is 6.04 Å². The number of nitrogens with one attached hydrogen (secondary N) is 2. The van der Waals surface area contributed by atoms with Gasteiger partial charge in [0, 0.05) is 24.6 Å². The summed E-state index contributed by atoms with van der Waals surface area (Å²) in [5.41, 5.74) is 10.9. The molecule has 0 saturated heterocycles. The van der Waals surface area contributed by atoms with Gasteiger partial charge in [0.1, 0.15) is 0 Å². The maximum Gasteiger partial charge on any atom is 0.0716 e. The summed E-state index contributed by atoms with van der Waals surface area (Å²) in [7, 11) is 0. The van der Waals surface area contributed by atoms with E-state index in [4.69, 9.17) is 0 Å². The molecular formula is C39H35N3. The summed E-state index contributed by atoms with van der Waals surface area (Å²) in [4.78, 5) is 4.25. The summed E-state index contributed by atoms with van der Waals surface area (Å²) in [6, 6.07) is 30.4. The largest absolute Gasteiger partial charge is 0.381 e. The normalized spacial score (nSPS) is 20.3. The smallest absolute Gasteiger partial charge is 0.0716 e. The molecule has 1 aliphatic carbocycles. The van der Waals surface area contributed by atoms with Gasteiger partial charge < -0.3 is 10.6 Å². The second-order valence-electron chi connectivity index (χ2n) is 10.5. The topological polar surface area (TPSA) is 37.0 Å². The van der Waals surface area contributed by atoms with E-state index in [1.165, 1.54) is 33.4 Å². The monoisotopic (exact) mass is 545 g/mol. The zero-order valence-corrected chi connectivity index (χ0v) is 23.7. The molecule has 0 saturated carbocycles. The van der Waals surface area contributed by atoms with Crippen molar-refractivity contribution in [1.82, 2.24) is 15.6 Å². The molecule has 0 fully saturated rings. The number of nitrogens with zero attached hydrogens (tertiary/aromatic N) is 1. The number of hydrogen-bond acceptors (Lipinski definition) is 3. The molecule has 206 valence electrons. The van der Waals surface area contributed by atoms with Crippen LogP contribution in [0.25, 0.3) is 33.5 Å². The van der Waals surface area contributed by atoms with Crippen LogP contribution in [-0.2, 0) is 0 Å². The van der Waals surface area contributed by atoms with Gasteiger partial charge in [0.2, 0.25) is 0 Å². The Hall–Kier alpha value is -5.15. The molecule has 0 radical (unpaired) electrons. The number of hydrogen-bond donors (Lipinski definition) is 2. The molecular weight excluding hydrogens is 510 g/mol. The van der Waals surface area contributed by atoms with Crippen molar-refractivity contribution < 1.29 is 0 Å². The van der Waals surface area contributed by atoms with Gasteiger partial charge in [0.15, 0.2) is 0 Å². The highest BCUT2D eigenvalue weighted by atomic mass is 14.9. The average Bonchev–Trinajstić information content (AvgIpc) is 3.06. The van der Waals surface area contributed by atoms with Crippen LogP contribution in [-0.4, -0.2) is 11.5 Å². The van der Waals surface area contributed by atoms with Crippen LogP contribution in [0.4, 0.5) is 0 Å². The van der Waals surface area contributed by atoms with Crippen molar-refractivity contribution in [3.05, 3.63) is 175 Å². The van der Waals surface area contributed by atoms with Crippen LogP contribution < -0.4 is 10.6 Å². The lowest BCUT2D eigenvalue weighted by Gasteiger charge is -2.21. The fourth-order valence-corrected chi connectivity index (χ4v) is 5.37. The maximum absolute atomic E-state index is 4.25. The predicted molar refractivity (Wildman–Crippen MR) is 177 cm³/mol. The molecule has 3 aromatic carbocycles. The van der Waals surface area contributed by atoms with Gasteiger partial charge in [0.05, 0.1) is 6.04 Å². The third kappa shape index (κ3) is 6.76. The van der Waals surface area contributed by atoms with Crippen LogP contribution in [0.5, 0.6) is 0 Å². The lowest BCUT2D eigenvalue weighted by Crippen LogP contribution is -2.19. The third-order valence-corrected chi connectivity index (χ3v) is 7.60. The van der Waals surface area contributed by atoms with Crippen LogP contribution >= 0.6 is 0 Å². The minimum absolute atomic E-state index is 0.0605. The summed E-state index contributed by atoms with van der Waals surface area (Å²) in [5, 5.41) is 7.37. The van der Waals surface area contributed by atoms with E-state index in [1.54, 1.807) is 0 Å². The SMILES string of the molecule is C1=CCCC(c2cc(-c3ccncc3)cc(C3/C=C(/c4ccc(-c5ccccc5)cc4)NC/C=C/C=C\C=C/N3)c2)=C1. The molecule has 42 heavy (non-hydrogen) atoms. The molecule has 1 aliphatic heterocycles. The first-order valence-corrected chi connectivity index (χ1v) is 14.6. The van der Waals surface area contributed by atoms with Crippen LogP contribution in [0.15, 0.2) is 158 Å².